The first-order valence-corrected chi connectivity index (χ1v) is 11.1. The Bertz CT molecular complexity index is 1130. The fourth-order valence-corrected chi connectivity index (χ4v) is 4.24. The summed E-state index contributed by atoms with van der Waals surface area (Å²) >= 11 is 0. The van der Waals surface area contributed by atoms with E-state index in [4.69, 9.17) is 0 Å². The van der Waals surface area contributed by atoms with Crippen LogP contribution >= 0.6 is 0 Å². The highest BCUT2D eigenvalue weighted by molar-refractivity contribution is 5.94. The van der Waals surface area contributed by atoms with E-state index in [2.05, 4.69) is 20.4 Å². The number of halogens is 6. The minimum absolute atomic E-state index is 0.0750. The maximum absolute atomic E-state index is 14.1. The summed E-state index contributed by atoms with van der Waals surface area (Å²) in [7, 11) is 0. The van der Waals surface area contributed by atoms with Gasteiger partial charge < -0.3 is 5.32 Å². The second-order valence-corrected chi connectivity index (χ2v) is 9.07. The molecule has 4 rings (SSSR count). The lowest BCUT2D eigenvalue weighted by Gasteiger charge is -2.37. The first-order chi connectivity index (χ1) is 16.4. The number of alkyl halides is 6. The average Bonchev–Trinajstić information content (AvgIpc) is 3.46. The van der Waals surface area contributed by atoms with Gasteiger partial charge in [0.1, 0.15) is 12.2 Å². The first kappa shape index (κ1) is 24.9. The summed E-state index contributed by atoms with van der Waals surface area (Å²) in [6.07, 6.45) is -6.55. The van der Waals surface area contributed by atoms with Gasteiger partial charge in [-0.2, -0.15) is 36.1 Å². The number of aromatic nitrogens is 4. The molecule has 1 amide bonds. The number of carbonyl (C=O) groups is 1. The Kier molecular flexibility index (Phi) is 6.50. The summed E-state index contributed by atoms with van der Waals surface area (Å²) in [5.41, 5.74) is -4.73. The van der Waals surface area contributed by atoms with Crippen LogP contribution in [0, 0.1) is 11.3 Å². The Balaban J connectivity index is 1.53. The van der Waals surface area contributed by atoms with Gasteiger partial charge in [-0.3, -0.25) is 4.79 Å². The number of rotatable bonds is 7. The zero-order chi connectivity index (χ0) is 25.4. The standard InChI is InChI=1S/C23H23F6N5O/c1-14(19-32-13-33-34(19)18-4-2-3-7-30-18)12-31-20(35)16-8-17(22(24,25)26)11-21(10-16,23(27,28)29)9-15-5-6-15/h2-4,7-8,11,13-15H,5-6,9-10,12H2,1H3,(H,31,35). The summed E-state index contributed by atoms with van der Waals surface area (Å²) in [6.45, 7) is 1.63. The lowest BCUT2D eigenvalue weighted by atomic mass is 9.71. The van der Waals surface area contributed by atoms with Gasteiger partial charge in [-0.15, -0.1) is 0 Å². The van der Waals surface area contributed by atoms with Crippen LogP contribution in [0.5, 0.6) is 0 Å². The summed E-state index contributed by atoms with van der Waals surface area (Å²) < 4.78 is 84.3. The quantitative estimate of drug-likeness (QED) is 0.542. The van der Waals surface area contributed by atoms with Crippen LogP contribution in [-0.2, 0) is 4.79 Å². The lowest BCUT2D eigenvalue weighted by Crippen LogP contribution is -2.42. The van der Waals surface area contributed by atoms with Crippen LogP contribution < -0.4 is 5.32 Å². The van der Waals surface area contributed by atoms with E-state index in [0.717, 1.165) is 0 Å². The van der Waals surface area contributed by atoms with Gasteiger partial charge in [0.2, 0.25) is 5.91 Å². The van der Waals surface area contributed by atoms with Crippen molar-refractivity contribution in [2.24, 2.45) is 11.3 Å². The lowest BCUT2D eigenvalue weighted by molar-refractivity contribution is -0.211. The molecule has 0 aliphatic heterocycles. The molecule has 188 valence electrons. The van der Waals surface area contributed by atoms with Crippen molar-refractivity contribution in [3.63, 3.8) is 0 Å². The smallest absolute Gasteiger partial charge is 0.352 e. The Morgan fingerprint density at radius 1 is 1.20 bits per heavy atom. The van der Waals surface area contributed by atoms with Crippen molar-refractivity contribution in [2.75, 3.05) is 6.54 Å². The molecule has 12 heteroatoms. The summed E-state index contributed by atoms with van der Waals surface area (Å²) in [6, 6.07) is 5.16. The molecule has 2 unspecified atom stereocenters. The Morgan fingerprint density at radius 3 is 2.54 bits per heavy atom. The van der Waals surface area contributed by atoms with Gasteiger partial charge in [0, 0.05) is 24.2 Å². The Morgan fingerprint density at radius 2 is 1.94 bits per heavy atom. The topological polar surface area (TPSA) is 72.7 Å². The number of carbonyl (C=O) groups excluding carboxylic acids is 1. The molecule has 35 heavy (non-hydrogen) atoms. The molecule has 0 bridgehead atoms. The second kappa shape index (κ2) is 9.12. The molecule has 2 aromatic heterocycles. The van der Waals surface area contributed by atoms with Crippen LogP contribution in [0.1, 0.15) is 44.3 Å². The van der Waals surface area contributed by atoms with Crippen molar-refractivity contribution >= 4 is 5.91 Å². The van der Waals surface area contributed by atoms with Crippen molar-refractivity contribution in [3.05, 3.63) is 59.8 Å². The van der Waals surface area contributed by atoms with Crippen LogP contribution in [0.3, 0.4) is 0 Å². The predicted octanol–water partition coefficient (Wildman–Crippen LogP) is 5.05. The third-order valence-electron chi connectivity index (χ3n) is 6.25. The van der Waals surface area contributed by atoms with Crippen LogP contribution in [0.2, 0.25) is 0 Å². The van der Waals surface area contributed by atoms with Crippen LogP contribution in [0.25, 0.3) is 5.82 Å². The number of nitrogens with one attached hydrogen (secondary N) is 1. The molecule has 2 heterocycles. The van der Waals surface area contributed by atoms with Gasteiger partial charge >= 0.3 is 12.4 Å². The molecular formula is C23H23F6N5O. The molecule has 6 nitrogen and oxygen atoms in total. The molecule has 2 atom stereocenters. The molecule has 1 saturated carbocycles. The highest BCUT2D eigenvalue weighted by atomic mass is 19.4. The number of amides is 1. The van der Waals surface area contributed by atoms with Gasteiger partial charge in [0.25, 0.3) is 0 Å². The van der Waals surface area contributed by atoms with E-state index in [-0.39, 0.29) is 18.5 Å². The molecule has 2 aromatic rings. The maximum atomic E-state index is 14.1. The predicted molar refractivity (Wildman–Crippen MR) is 113 cm³/mol. The largest absolute Gasteiger partial charge is 0.416 e. The van der Waals surface area contributed by atoms with Crippen LogP contribution in [0.15, 0.2) is 54.0 Å². The van der Waals surface area contributed by atoms with E-state index in [1.807, 2.05) is 0 Å². The van der Waals surface area contributed by atoms with Gasteiger partial charge in [-0.1, -0.05) is 31.9 Å². The highest BCUT2D eigenvalue weighted by Crippen LogP contribution is 2.56. The SMILES string of the molecule is CC(CNC(=O)C1=CC(C(F)(F)F)=CC(CC2CC2)(C(F)(F)F)C1)c1ncnn1-c1ccccn1. The van der Waals surface area contributed by atoms with E-state index in [1.54, 1.807) is 31.3 Å². The van der Waals surface area contributed by atoms with E-state index < -0.39 is 53.6 Å². The maximum Gasteiger partial charge on any atom is 0.416 e. The third kappa shape index (κ3) is 5.40. The fourth-order valence-electron chi connectivity index (χ4n) is 4.24. The molecular weight excluding hydrogens is 476 g/mol. The summed E-state index contributed by atoms with van der Waals surface area (Å²) in [5.74, 6) is -0.828. The molecule has 1 fully saturated rings. The molecule has 1 N–H and O–H groups in total. The number of pyridine rings is 1. The molecule has 2 aliphatic rings. The number of hydrogen-bond donors (Lipinski definition) is 1. The Hall–Kier alpha value is -3.18. The Labute approximate surface area is 197 Å². The summed E-state index contributed by atoms with van der Waals surface area (Å²) in [5, 5.41) is 6.58. The monoisotopic (exact) mass is 499 g/mol. The third-order valence-corrected chi connectivity index (χ3v) is 6.25. The second-order valence-electron chi connectivity index (χ2n) is 9.07. The van der Waals surface area contributed by atoms with Gasteiger partial charge in [0.05, 0.1) is 11.0 Å². The highest BCUT2D eigenvalue weighted by Gasteiger charge is 2.58. The average molecular weight is 499 g/mol. The fraction of sp³-hybridized carbons (Fsp3) is 0.478. The molecule has 0 aromatic carbocycles. The number of hydrogen-bond acceptors (Lipinski definition) is 4. The van der Waals surface area contributed by atoms with E-state index in [9.17, 15) is 31.1 Å². The minimum Gasteiger partial charge on any atom is -0.352 e. The van der Waals surface area contributed by atoms with Gasteiger partial charge in [-0.05, 0) is 37.0 Å². The van der Waals surface area contributed by atoms with Crippen molar-refractivity contribution in [1.82, 2.24) is 25.1 Å². The summed E-state index contributed by atoms with van der Waals surface area (Å²) in [4.78, 5) is 21.2. The molecule has 0 radical (unpaired) electrons. The number of allylic oxidation sites excluding steroid dienone is 3. The van der Waals surface area contributed by atoms with Crippen molar-refractivity contribution in [3.8, 4) is 5.82 Å². The number of nitrogens with zero attached hydrogens (tertiary/aromatic N) is 4. The van der Waals surface area contributed by atoms with E-state index >= 15 is 0 Å². The van der Waals surface area contributed by atoms with Crippen LogP contribution in [0.4, 0.5) is 26.3 Å². The van der Waals surface area contributed by atoms with E-state index in [0.29, 0.717) is 30.6 Å². The van der Waals surface area contributed by atoms with Crippen molar-refractivity contribution in [1.29, 1.82) is 0 Å². The van der Waals surface area contributed by atoms with E-state index in [1.165, 1.54) is 11.0 Å². The minimum atomic E-state index is -5.02. The van der Waals surface area contributed by atoms with Crippen LogP contribution in [-0.4, -0.2) is 44.6 Å². The molecule has 2 aliphatic carbocycles. The van der Waals surface area contributed by atoms with Crippen molar-refractivity contribution < 1.29 is 31.1 Å². The normalized spacial score (nSPS) is 21.8. The molecule has 0 spiro atoms. The molecule has 0 saturated heterocycles. The van der Waals surface area contributed by atoms with Gasteiger partial charge in [0.15, 0.2) is 5.82 Å². The first-order valence-electron chi connectivity index (χ1n) is 11.1. The van der Waals surface area contributed by atoms with Crippen molar-refractivity contribution in [2.45, 2.75) is 50.9 Å². The van der Waals surface area contributed by atoms with Gasteiger partial charge in [-0.25, -0.2) is 9.97 Å². The zero-order valence-electron chi connectivity index (χ0n) is 18.7. The zero-order valence-corrected chi connectivity index (χ0v) is 18.7.